The molecule has 142 valence electrons. The minimum absolute atomic E-state index is 0.142. The molecule has 5 heteroatoms. The molecule has 0 atom stereocenters. The van der Waals surface area contributed by atoms with Crippen molar-refractivity contribution in [2.45, 2.75) is 19.9 Å². The van der Waals surface area contributed by atoms with Crippen LogP contribution in [0.5, 0.6) is 0 Å². The lowest BCUT2D eigenvalue weighted by Gasteiger charge is -2.06. The number of rotatable bonds is 7. The molecule has 2 aromatic carbocycles. The Morgan fingerprint density at radius 3 is 2.36 bits per heavy atom. The van der Waals surface area contributed by atoms with Crippen molar-refractivity contribution in [3.05, 3.63) is 84.7 Å². The van der Waals surface area contributed by atoms with Gasteiger partial charge in [0.1, 0.15) is 0 Å². The number of amides is 1. The Morgan fingerprint density at radius 1 is 0.929 bits per heavy atom. The molecule has 0 saturated carbocycles. The third-order valence-electron chi connectivity index (χ3n) is 4.13. The minimum atomic E-state index is -0.354. The number of benzene rings is 2. The van der Waals surface area contributed by atoms with Gasteiger partial charge in [0.05, 0.1) is 12.2 Å². The van der Waals surface area contributed by atoms with E-state index in [0.29, 0.717) is 17.9 Å². The average Bonchev–Trinajstić information content (AvgIpc) is 2.73. The Balaban J connectivity index is 1.61. The summed E-state index contributed by atoms with van der Waals surface area (Å²) >= 11 is 0. The summed E-state index contributed by atoms with van der Waals surface area (Å²) in [7, 11) is 0. The van der Waals surface area contributed by atoms with Crippen molar-refractivity contribution >= 4 is 17.6 Å². The van der Waals surface area contributed by atoms with Gasteiger partial charge in [-0.15, -0.1) is 0 Å². The van der Waals surface area contributed by atoms with E-state index in [9.17, 15) is 9.59 Å². The number of carbonyl (C=O) groups excluding carboxylic acids is 2. The van der Waals surface area contributed by atoms with E-state index >= 15 is 0 Å². The van der Waals surface area contributed by atoms with Crippen molar-refractivity contribution in [1.29, 1.82) is 0 Å². The molecule has 0 aliphatic rings. The fourth-order valence-corrected chi connectivity index (χ4v) is 2.76. The molecule has 0 spiro atoms. The van der Waals surface area contributed by atoms with Crippen LogP contribution in [-0.4, -0.2) is 18.5 Å². The summed E-state index contributed by atoms with van der Waals surface area (Å²) in [5.41, 5.74) is 3.25. The number of nitrogens with zero attached hydrogens (tertiary/aromatic N) is 1. The molecule has 1 amide bonds. The lowest BCUT2D eigenvalue weighted by molar-refractivity contribution is -0.683. The van der Waals surface area contributed by atoms with Crippen LogP contribution < -0.4 is 9.88 Å². The molecule has 5 nitrogen and oxygen atoms in total. The summed E-state index contributed by atoms with van der Waals surface area (Å²) in [4.78, 5) is 24.2. The van der Waals surface area contributed by atoms with E-state index < -0.39 is 0 Å². The molecule has 1 N–H and O–H groups in total. The maximum Gasteiger partial charge on any atom is 0.338 e. The van der Waals surface area contributed by atoms with E-state index in [1.165, 1.54) is 0 Å². The summed E-state index contributed by atoms with van der Waals surface area (Å²) in [5.74, 6) is -0.496. The zero-order chi connectivity index (χ0) is 19.8. The third-order valence-corrected chi connectivity index (χ3v) is 4.13. The molecule has 0 fully saturated rings. The molecule has 28 heavy (non-hydrogen) atoms. The number of ether oxygens (including phenoxy) is 1. The second-order valence-corrected chi connectivity index (χ2v) is 6.39. The average molecular weight is 375 g/mol. The first-order valence-corrected chi connectivity index (χ1v) is 9.27. The van der Waals surface area contributed by atoms with E-state index in [1.54, 1.807) is 24.3 Å². The fraction of sp³-hybridized carbons (Fsp3) is 0.174. The molecule has 0 radical (unpaired) electrons. The fourth-order valence-electron chi connectivity index (χ4n) is 2.76. The maximum atomic E-state index is 12.4. The van der Waals surface area contributed by atoms with Crippen LogP contribution in [-0.2, 0) is 16.1 Å². The first-order chi connectivity index (χ1) is 13.7. The van der Waals surface area contributed by atoms with Gasteiger partial charge in [-0.05, 0) is 42.3 Å². The normalized spacial score (nSPS) is 10.3. The van der Waals surface area contributed by atoms with Gasteiger partial charge in [-0.3, -0.25) is 4.79 Å². The monoisotopic (exact) mass is 375 g/mol. The topological polar surface area (TPSA) is 59.3 Å². The molecule has 0 saturated heterocycles. The van der Waals surface area contributed by atoms with Crippen molar-refractivity contribution in [3.8, 4) is 11.1 Å². The number of esters is 1. The summed E-state index contributed by atoms with van der Waals surface area (Å²) in [6.07, 6.45) is 4.59. The number of hydrogen-bond acceptors (Lipinski definition) is 3. The van der Waals surface area contributed by atoms with Gasteiger partial charge < -0.3 is 10.1 Å². The standard InChI is InChI=1S/C23H22N2O3/c1-2-15-28-23(27)19-10-12-21(13-11-19)24-22(26)17-25-14-6-9-20(16-25)18-7-4-3-5-8-18/h3-14,16H,2,15,17H2,1H3/p+1. The molecule has 1 heterocycles. The zero-order valence-corrected chi connectivity index (χ0v) is 15.8. The van der Waals surface area contributed by atoms with E-state index in [4.69, 9.17) is 4.74 Å². The second kappa shape index (κ2) is 9.46. The van der Waals surface area contributed by atoms with Crippen LogP contribution in [0.3, 0.4) is 0 Å². The number of anilines is 1. The van der Waals surface area contributed by atoms with E-state index in [-0.39, 0.29) is 18.4 Å². The molecule has 0 unspecified atom stereocenters. The highest BCUT2D eigenvalue weighted by atomic mass is 16.5. The highest BCUT2D eigenvalue weighted by Crippen LogP contribution is 2.16. The quantitative estimate of drug-likeness (QED) is 0.504. The number of nitrogens with one attached hydrogen (secondary N) is 1. The van der Waals surface area contributed by atoms with Crippen molar-refractivity contribution in [2.24, 2.45) is 0 Å². The number of aromatic nitrogens is 1. The van der Waals surface area contributed by atoms with Gasteiger partial charge in [-0.2, -0.15) is 4.57 Å². The van der Waals surface area contributed by atoms with E-state index in [2.05, 4.69) is 5.32 Å². The molecule has 0 bridgehead atoms. The predicted molar refractivity (Wildman–Crippen MR) is 108 cm³/mol. The smallest absolute Gasteiger partial charge is 0.338 e. The Morgan fingerprint density at radius 2 is 1.64 bits per heavy atom. The third kappa shape index (κ3) is 5.27. The van der Waals surface area contributed by atoms with Crippen LogP contribution in [0, 0.1) is 0 Å². The predicted octanol–water partition coefficient (Wildman–Crippen LogP) is 3.85. The van der Waals surface area contributed by atoms with Gasteiger partial charge in [0.2, 0.25) is 6.54 Å². The molecule has 3 rings (SSSR count). The summed E-state index contributed by atoms with van der Waals surface area (Å²) in [6.45, 7) is 2.54. The molecular formula is C23H23N2O3+. The molecular weight excluding hydrogens is 352 g/mol. The van der Waals surface area contributed by atoms with Crippen LogP contribution in [0.4, 0.5) is 5.69 Å². The highest BCUT2D eigenvalue weighted by molar-refractivity contribution is 5.92. The highest BCUT2D eigenvalue weighted by Gasteiger charge is 2.12. The van der Waals surface area contributed by atoms with Crippen molar-refractivity contribution < 1.29 is 18.9 Å². The van der Waals surface area contributed by atoms with Crippen molar-refractivity contribution in [2.75, 3.05) is 11.9 Å². The van der Waals surface area contributed by atoms with Gasteiger partial charge in [0.15, 0.2) is 12.4 Å². The first kappa shape index (κ1) is 19.3. The van der Waals surface area contributed by atoms with Gasteiger partial charge in [-0.25, -0.2) is 4.79 Å². The lowest BCUT2D eigenvalue weighted by Crippen LogP contribution is -2.39. The lowest BCUT2D eigenvalue weighted by atomic mass is 10.1. The Bertz CT molecular complexity index is 938. The minimum Gasteiger partial charge on any atom is -0.462 e. The molecule has 3 aromatic rings. The van der Waals surface area contributed by atoms with Gasteiger partial charge >= 0.3 is 5.97 Å². The van der Waals surface area contributed by atoms with Gasteiger partial charge in [0.25, 0.3) is 5.91 Å². The van der Waals surface area contributed by atoms with E-state index in [1.807, 2.05) is 66.3 Å². The van der Waals surface area contributed by atoms with Gasteiger partial charge in [0, 0.05) is 17.3 Å². The maximum absolute atomic E-state index is 12.4. The van der Waals surface area contributed by atoms with Crippen LogP contribution >= 0.6 is 0 Å². The first-order valence-electron chi connectivity index (χ1n) is 9.27. The second-order valence-electron chi connectivity index (χ2n) is 6.39. The van der Waals surface area contributed by atoms with Crippen molar-refractivity contribution in [3.63, 3.8) is 0 Å². The summed E-state index contributed by atoms with van der Waals surface area (Å²) < 4.78 is 6.94. The zero-order valence-electron chi connectivity index (χ0n) is 15.8. The van der Waals surface area contributed by atoms with Crippen LogP contribution in [0.1, 0.15) is 23.7 Å². The van der Waals surface area contributed by atoms with Crippen molar-refractivity contribution in [1.82, 2.24) is 0 Å². The number of pyridine rings is 1. The Kier molecular flexibility index (Phi) is 6.52. The number of hydrogen-bond donors (Lipinski definition) is 1. The van der Waals surface area contributed by atoms with E-state index in [0.717, 1.165) is 17.5 Å². The Labute approximate surface area is 164 Å². The van der Waals surface area contributed by atoms with Crippen LogP contribution in [0.15, 0.2) is 79.1 Å². The Hall–Kier alpha value is -3.47. The van der Waals surface area contributed by atoms with Gasteiger partial charge in [-0.1, -0.05) is 37.3 Å². The summed E-state index contributed by atoms with van der Waals surface area (Å²) in [5, 5.41) is 2.85. The largest absolute Gasteiger partial charge is 0.462 e. The molecule has 1 aromatic heterocycles. The number of carbonyl (C=O) groups is 2. The SMILES string of the molecule is CCCOC(=O)c1ccc(NC(=O)C[n+]2cccc(-c3ccccc3)c2)cc1. The summed E-state index contributed by atoms with van der Waals surface area (Å²) in [6, 6.07) is 20.7. The molecule has 0 aliphatic heterocycles. The van der Waals surface area contributed by atoms with Crippen LogP contribution in [0.25, 0.3) is 11.1 Å². The van der Waals surface area contributed by atoms with Crippen LogP contribution in [0.2, 0.25) is 0 Å². The molecule has 0 aliphatic carbocycles.